The first-order valence-corrected chi connectivity index (χ1v) is 9.45. The molecule has 0 aliphatic heterocycles. The van der Waals surface area contributed by atoms with E-state index in [1.54, 1.807) is 17.9 Å². The zero-order valence-corrected chi connectivity index (χ0v) is 17.0. The number of ether oxygens (including phenoxy) is 1. The molecule has 0 saturated heterocycles. The van der Waals surface area contributed by atoms with Gasteiger partial charge < -0.3 is 10.1 Å². The number of nitrogens with one attached hydrogen (secondary N) is 1. The van der Waals surface area contributed by atoms with E-state index in [-0.39, 0.29) is 11.7 Å². The minimum absolute atomic E-state index is 0.119. The number of benzene rings is 2. The van der Waals surface area contributed by atoms with Gasteiger partial charge in [-0.1, -0.05) is 35.9 Å². The second kappa shape index (κ2) is 8.99. The summed E-state index contributed by atoms with van der Waals surface area (Å²) in [6, 6.07) is 13.5. The monoisotopic (exact) mass is 398 g/mol. The van der Waals surface area contributed by atoms with Crippen LogP contribution in [-0.2, 0) is 4.74 Å². The predicted molar refractivity (Wildman–Crippen MR) is 110 cm³/mol. The van der Waals surface area contributed by atoms with Crippen LogP contribution in [0.4, 0.5) is 0 Å². The molecule has 0 atom stereocenters. The number of carbonyl (C=O) groups excluding carboxylic acids is 1. The van der Waals surface area contributed by atoms with E-state index in [0.717, 1.165) is 28.8 Å². The van der Waals surface area contributed by atoms with Crippen LogP contribution in [0.2, 0.25) is 5.02 Å². The molecule has 0 radical (unpaired) electrons. The molecule has 1 aromatic heterocycles. The Labute approximate surface area is 169 Å². The van der Waals surface area contributed by atoms with Crippen molar-refractivity contribution in [2.45, 2.75) is 20.3 Å². The van der Waals surface area contributed by atoms with Crippen LogP contribution in [0, 0.1) is 13.8 Å². The molecule has 146 valence electrons. The third-order valence-electron chi connectivity index (χ3n) is 4.30. The molecule has 7 heteroatoms. The summed E-state index contributed by atoms with van der Waals surface area (Å²) in [5.74, 6) is 0.370. The molecule has 0 saturated carbocycles. The first kappa shape index (κ1) is 20.0. The fourth-order valence-electron chi connectivity index (χ4n) is 2.84. The van der Waals surface area contributed by atoms with Crippen molar-refractivity contribution in [1.82, 2.24) is 20.1 Å². The highest BCUT2D eigenvalue weighted by Crippen LogP contribution is 2.26. The Bertz CT molecular complexity index is 984. The number of hydrogen-bond acceptors (Lipinski definition) is 4. The summed E-state index contributed by atoms with van der Waals surface area (Å²) in [7, 11) is 1.63. The number of aryl methyl sites for hydroxylation is 2. The standard InChI is InChI=1S/C21H23ClN4O2/c1-14-8-9-15(2)18(12-14)26-20(16-6-4-7-17(22)13-16)24-19(25-26)21(27)23-10-5-11-28-3/h4,6-9,12-13H,5,10-11H2,1-3H3,(H,23,27). The Hall–Kier alpha value is -2.70. The molecule has 28 heavy (non-hydrogen) atoms. The molecular formula is C21H23ClN4O2. The number of amides is 1. The molecule has 3 aromatic rings. The van der Waals surface area contributed by atoms with Crippen LogP contribution in [0.15, 0.2) is 42.5 Å². The quantitative estimate of drug-likeness (QED) is 0.611. The van der Waals surface area contributed by atoms with E-state index in [4.69, 9.17) is 16.3 Å². The Morgan fingerprint density at radius 3 is 2.79 bits per heavy atom. The summed E-state index contributed by atoms with van der Waals surface area (Å²) in [4.78, 5) is 17.1. The number of nitrogens with zero attached hydrogens (tertiary/aromatic N) is 3. The van der Waals surface area contributed by atoms with Gasteiger partial charge in [0, 0.05) is 30.8 Å². The largest absolute Gasteiger partial charge is 0.385 e. The minimum Gasteiger partial charge on any atom is -0.385 e. The van der Waals surface area contributed by atoms with Crippen molar-refractivity contribution >= 4 is 17.5 Å². The predicted octanol–water partition coefficient (Wildman–Crippen LogP) is 3.97. The average Bonchev–Trinajstić information content (AvgIpc) is 3.12. The molecule has 1 amide bonds. The van der Waals surface area contributed by atoms with Gasteiger partial charge in [-0.05, 0) is 49.6 Å². The van der Waals surface area contributed by atoms with Crippen LogP contribution in [-0.4, -0.2) is 40.9 Å². The van der Waals surface area contributed by atoms with Crippen molar-refractivity contribution in [3.63, 3.8) is 0 Å². The van der Waals surface area contributed by atoms with Gasteiger partial charge in [0.1, 0.15) is 0 Å². The van der Waals surface area contributed by atoms with Gasteiger partial charge in [0.05, 0.1) is 5.69 Å². The van der Waals surface area contributed by atoms with Crippen LogP contribution in [0.25, 0.3) is 17.1 Å². The lowest BCUT2D eigenvalue weighted by Gasteiger charge is -2.10. The normalized spacial score (nSPS) is 10.9. The lowest BCUT2D eigenvalue weighted by atomic mass is 10.1. The first-order chi connectivity index (χ1) is 13.5. The number of halogens is 1. The van der Waals surface area contributed by atoms with E-state index in [0.29, 0.717) is 24.0 Å². The highest BCUT2D eigenvalue weighted by Gasteiger charge is 2.19. The van der Waals surface area contributed by atoms with Gasteiger partial charge in [0.25, 0.3) is 5.91 Å². The smallest absolute Gasteiger partial charge is 0.290 e. The molecular weight excluding hydrogens is 376 g/mol. The third-order valence-corrected chi connectivity index (χ3v) is 4.53. The van der Waals surface area contributed by atoms with Gasteiger partial charge in [0.15, 0.2) is 5.82 Å². The van der Waals surface area contributed by atoms with Crippen molar-refractivity contribution in [3.8, 4) is 17.1 Å². The number of hydrogen-bond donors (Lipinski definition) is 1. The Morgan fingerprint density at radius 1 is 1.21 bits per heavy atom. The molecule has 0 spiro atoms. The fourth-order valence-corrected chi connectivity index (χ4v) is 3.03. The van der Waals surface area contributed by atoms with Gasteiger partial charge >= 0.3 is 0 Å². The molecule has 0 bridgehead atoms. The van der Waals surface area contributed by atoms with Crippen LogP contribution in [0.1, 0.15) is 28.2 Å². The van der Waals surface area contributed by atoms with E-state index in [9.17, 15) is 4.79 Å². The number of carbonyl (C=O) groups is 1. The van der Waals surface area contributed by atoms with Crippen LogP contribution in [0.3, 0.4) is 0 Å². The summed E-state index contributed by atoms with van der Waals surface area (Å²) in [6.07, 6.45) is 0.723. The van der Waals surface area contributed by atoms with Crippen molar-refractivity contribution in [1.29, 1.82) is 0 Å². The van der Waals surface area contributed by atoms with Gasteiger partial charge in [-0.15, -0.1) is 5.10 Å². The van der Waals surface area contributed by atoms with Gasteiger partial charge in [0.2, 0.25) is 5.82 Å². The maximum Gasteiger partial charge on any atom is 0.290 e. The minimum atomic E-state index is -0.316. The molecule has 3 rings (SSSR count). The number of aromatic nitrogens is 3. The molecule has 1 N–H and O–H groups in total. The number of methoxy groups -OCH3 is 1. The summed E-state index contributed by atoms with van der Waals surface area (Å²) >= 11 is 6.17. The van der Waals surface area contributed by atoms with E-state index >= 15 is 0 Å². The van der Waals surface area contributed by atoms with Gasteiger partial charge in [-0.25, -0.2) is 9.67 Å². The molecule has 2 aromatic carbocycles. The second-order valence-corrected chi connectivity index (χ2v) is 7.01. The summed E-state index contributed by atoms with van der Waals surface area (Å²) in [6.45, 7) is 5.10. The molecule has 0 unspecified atom stereocenters. The topological polar surface area (TPSA) is 69.0 Å². The van der Waals surface area contributed by atoms with Crippen LogP contribution < -0.4 is 5.32 Å². The zero-order chi connectivity index (χ0) is 20.1. The highest BCUT2D eigenvalue weighted by atomic mass is 35.5. The highest BCUT2D eigenvalue weighted by molar-refractivity contribution is 6.30. The van der Waals surface area contributed by atoms with Crippen LogP contribution >= 0.6 is 11.6 Å². The van der Waals surface area contributed by atoms with Crippen molar-refractivity contribution in [2.75, 3.05) is 20.3 Å². The summed E-state index contributed by atoms with van der Waals surface area (Å²) in [5.41, 5.74) is 3.80. The second-order valence-electron chi connectivity index (χ2n) is 6.57. The van der Waals surface area contributed by atoms with Crippen LogP contribution in [0.5, 0.6) is 0 Å². The lowest BCUT2D eigenvalue weighted by Crippen LogP contribution is -2.26. The van der Waals surface area contributed by atoms with Crippen molar-refractivity contribution in [2.24, 2.45) is 0 Å². The van der Waals surface area contributed by atoms with Crippen molar-refractivity contribution < 1.29 is 9.53 Å². The third kappa shape index (κ3) is 4.58. The molecule has 0 fully saturated rings. The molecule has 6 nitrogen and oxygen atoms in total. The Morgan fingerprint density at radius 2 is 2.04 bits per heavy atom. The zero-order valence-electron chi connectivity index (χ0n) is 16.2. The van der Waals surface area contributed by atoms with E-state index in [1.807, 2.05) is 50.2 Å². The molecule has 1 heterocycles. The Balaban J connectivity index is 2.03. The SMILES string of the molecule is COCCCNC(=O)c1nc(-c2cccc(Cl)c2)n(-c2cc(C)ccc2C)n1. The maximum atomic E-state index is 12.5. The first-order valence-electron chi connectivity index (χ1n) is 9.07. The fraction of sp³-hybridized carbons (Fsp3) is 0.286. The van der Waals surface area contributed by atoms with Gasteiger partial charge in [-0.2, -0.15) is 0 Å². The number of rotatable bonds is 7. The van der Waals surface area contributed by atoms with E-state index < -0.39 is 0 Å². The average molecular weight is 399 g/mol. The lowest BCUT2D eigenvalue weighted by molar-refractivity contribution is 0.0938. The van der Waals surface area contributed by atoms with Crippen molar-refractivity contribution in [3.05, 3.63) is 64.4 Å². The molecule has 0 aliphatic carbocycles. The summed E-state index contributed by atoms with van der Waals surface area (Å²) < 4.78 is 6.71. The summed E-state index contributed by atoms with van der Waals surface area (Å²) in [5, 5.41) is 7.93. The van der Waals surface area contributed by atoms with E-state index in [1.165, 1.54) is 0 Å². The van der Waals surface area contributed by atoms with Gasteiger partial charge in [-0.3, -0.25) is 4.79 Å². The molecule has 0 aliphatic rings. The Kier molecular flexibility index (Phi) is 6.44. The van der Waals surface area contributed by atoms with E-state index in [2.05, 4.69) is 15.4 Å². The maximum absolute atomic E-state index is 12.5.